The average molecular weight is 442 g/mol. The minimum absolute atomic E-state index is 0.00557. The van der Waals surface area contributed by atoms with Crippen LogP contribution >= 0.6 is 0 Å². The Morgan fingerprint density at radius 2 is 1.88 bits per heavy atom. The lowest BCUT2D eigenvalue weighted by Gasteiger charge is -2.30. The number of aryl methyl sites for hydroxylation is 2. The van der Waals surface area contributed by atoms with E-state index < -0.39 is 0 Å². The highest BCUT2D eigenvalue weighted by atomic mass is 16.2. The van der Waals surface area contributed by atoms with Crippen LogP contribution in [0.2, 0.25) is 0 Å². The van der Waals surface area contributed by atoms with E-state index in [1.807, 2.05) is 45.0 Å². The molecule has 0 saturated carbocycles. The van der Waals surface area contributed by atoms with Crippen LogP contribution in [0.25, 0.3) is 0 Å². The first-order valence-corrected chi connectivity index (χ1v) is 10.8. The van der Waals surface area contributed by atoms with Gasteiger partial charge in [-0.15, -0.1) is 10.2 Å². The number of hydrogen-bond acceptors (Lipinski definition) is 6. The minimum Gasteiger partial charge on any atom is -0.354 e. The Labute approximate surface area is 188 Å². The molecule has 0 aliphatic carbocycles. The van der Waals surface area contributed by atoms with Crippen molar-refractivity contribution in [2.45, 2.75) is 33.2 Å². The summed E-state index contributed by atoms with van der Waals surface area (Å²) in [5.41, 5.74) is 1.76. The number of anilines is 1. The zero-order chi connectivity index (χ0) is 23.3. The third-order valence-corrected chi connectivity index (χ3v) is 5.34. The number of nitrogens with one attached hydrogen (secondary N) is 2. The second kappa shape index (κ2) is 10.3. The average Bonchev–Trinajstić information content (AvgIpc) is 3.09. The van der Waals surface area contributed by atoms with Crippen molar-refractivity contribution in [1.29, 1.82) is 0 Å². The van der Waals surface area contributed by atoms with Gasteiger partial charge in [0.1, 0.15) is 5.69 Å². The van der Waals surface area contributed by atoms with Gasteiger partial charge in [0.05, 0.1) is 0 Å². The fraction of sp³-hybridized carbons (Fsp3) is 0.500. The summed E-state index contributed by atoms with van der Waals surface area (Å²) in [5, 5.41) is 14.0. The maximum Gasteiger partial charge on any atom is 0.271 e. The molecule has 0 radical (unpaired) electrons. The first kappa shape index (κ1) is 23.2. The predicted molar refractivity (Wildman–Crippen MR) is 121 cm³/mol. The lowest BCUT2D eigenvalue weighted by molar-refractivity contribution is -0.121. The summed E-state index contributed by atoms with van der Waals surface area (Å²) in [5.74, 6) is 0.112. The second-order valence-electron chi connectivity index (χ2n) is 8.24. The SMILES string of the molecule is Cc1ccn(C)c1C(=O)N1CCC(=O)NCCN(c2ccc(C(=O)NC(C)C)nn2)CC1. The van der Waals surface area contributed by atoms with Gasteiger partial charge in [0.15, 0.2) is 11.5 Å². The molecule has 1 aliphatic rings. The maximum absolute atomic E-state index is 13.2. The Balaban J connectivity index is 1.77. The van der Waals surface area contributed by atoms with Gasteiger partial charge in [-0.05, 0) is 44.5 Å². The van der Waals surface area contributed by atoms with E-state index in [4.69, 9.17) is 0 Å². The van der Waals surface area contributed by atoms with Gasteiger partial charge in [-0.1, -0.05) is 0 Å². The molecule has 0 bridgehead atoms. The Bertz CT molecular complexity index is 949. The van der Waals surface area contributed by atoms with E-state index >= 15 is 0 Å². The number of rotatable bonds is 4. The predicted octanol–water partition coefficient (Wildman–Crippen LogP) is 0.730. The summed E-state index contributed by atoms with van der Waals surface area (Å²) in [7, 11) is 1.84. The van der Waals surface area contributed by atoms with Crippen molar-refractivity contribution in [1.82, 2.24) is 30.3 Å². The molecule has 172 valence electrons. The van der Waals surface area contributed by atoms with Crippen LogP contribution in [0, 0.1) is 6.92 Å². The van der Waals surface area contributed by atoms with Gasteiger partial charge in [0, 0.05) is 58.4 Å². The number of hydrogen-bond donors (Lipinski definition) is 2. The lowest BCUT2D eigenvalue weighted by atomic mass is 10.2. The van der Waals surface area contributed by atoms with E-state index in [9.17, 15) is 14.4 Å². The number of nitrogens with zero attached hydrogens (tertiary/aromatic N) is 5. The highest BCUT2D eigenvalue weighted by molar-refractivity contribution is 5.94. The van der Waals surface area contributed by atoms with E-state index in [1.54, 1.807) is 21.6 Å². The summed E-state index contributed by atoms with van der Waals surface area (Å²) >= 11 is 0. The molecule has 10 nitrogen and oxygen atoms in total. The molecule has 1 saturated heterocycles. The molecule has 0 aromatic carbocycles. The molecule has 3 amide bonds. The summed E-state index contributed by atoms with van der Waals surface area (Å²) in [6, 6.07) is 5.28. The van der Waals surface area contributed by atoms with Crippen LogP contribution in [0.15, 0.2) is 24.4 Å². The van der Waals surface area contributed by atoms with Gasteiger partial charge in [-0.2, -0.15) is 0 Å². The molecule has 1 fully saturated rings. The monoisotopic (exact) mass is 441 g/mol. The summed E-state index contributed by atoms with van der Waals surface area (Å²) in [6.45, 7) is 7.94. The third kappa shape index (κ3) is 5.63. The Morgan fingerprint density at radius 1 is 1.09 bits per heavy atom. The molecule has 2 aromatic rings. The summed E-state index contributed by atoms with van der Waals surface area (Å²) < 4.78 is 1.81. The zero-order valence-corrected chi connectivity index (χ0v) is 19.1. The second-order valence-corrected chi connectivity index (χ2v) is 8.24. The maximum atomic E-state index is 13.2. The number of carbonyl (C=O) groups is 3. The van der Waals surface area contributed by atoms with E-state index in [2.05, 4.69) is 20.8 Å². The van der Waals surface area contributed by atoms with Crippen molar-refractivity contribution in [2.24, 2.45) is 7.05 Å². The van der Waals surface area contributed by atoms with Crippen LogP contribution in [-0.2, 0) is 11.8 Å². The fourth-order valence-electron chi connectivity index (χ4n) is 3.63. The highest BCUT2D eigenvalue weighted by Gasteiger charge is 2.23. The van der Waals surface area contributed by atoms with Gasteiger partial charge in [-0.3, -0.25) is 14.4 Å². The van der Waals surface area contributed by atoms with Gasteiger partial charge >= 0.3 is 0 Å². The van der Waals surface area contributed by atoms with Gasteiger partial charge in [-0.25, -0.2) is 0 Å². The molecular formula is C22H31N7O3. The fourth-order valence-corrected chi connectivity index (χ4v) is 3.63. The standard InChI is InChI=1S/C22H31N7O3/c1-15(2)24-21(31)17-5-6-18(26-25-17)28-12-9-23-19(30)8-11-29(14-13-28)22(32)20-16(3)7-10-27(20)4/h5-7,10,15H,8-9,11-14H2,1-4H3,(H,23,30)(H,24,31). The Morgan fingerprint density at radius 3 is 2.50 bits per heavy atom. The lowest BCUT2D eigenvalue weighted by Crippen LogP contribution is -2.45. The topological polar surface area (TPSA) is 112 Å². The van der Waals surface area contributed by atoms with Crippen LogP contribution in [0.4, 0.5) is 5.82 Å². The Kier molecular flexibility index (Phi) is 7.45. The van der Waals surface area contributed by atoms with Crippen LogP contribution < -0.4 is 15.5 Å². The molecule has 0 unspecified atom stereocenters. The normalized spacial score (nSPS) is 15.5. The quantitative estimate of drug-likeness (QED) is 0.723. The molecule has 3 rings (SSSR count). The zero-order valence-electron chi connectivity index (χ0n) is 19.1. The van der Waals surface area contributed by atoms with E-state index in [1.165, 1.54) is 0 Å². The summed E-state index contributed by atoms with van der Waals surface area (Å²) in [4.78, 5) is 41.2. The van der Waals surface area contributed by atoms with Crippen molar-refractivity contribution < 1.29 is 14.4 Å². The van der Waals surface area contributed by atoms with Gasteiger partial charge in [0.25, 0.3) is 11.8 Å². The van der Waals surface area contributed by atoms with Crippen molar-refractivity contribution in [3.05, 3.63) is 41.3 Å². The van der Waals surface area contributed by atoms with Crippen molar-refractivity contribution >= 4 is 23.5 Å². The van der Waals surface area contributed by atoms with Crippen molar-refractivity contribution in [3.63, 3.8) is 0 Å². The Hall–Kier alpha value is -3.43. The smallest absolute Gasteiger partial charge is 0.271 e. The van der Waals surface area contributed by atoms with Crippen LogP contribution in [0.5, 0.6) is 0 Å². The minimum atomic E-state index is -0.276. The molecule has 3 heterocycles. The first-order valence-electron chi connectivity index (χ1n) is 10.8. The molecular weight excluding hydrogens is 410 g/mol. The van der Waals surface area contributed by atoms with Gasteiger partial charge < -0.3 is 25.0 Å². The molecule has 32 heavy (non-hydrogen) atoms. The number of carbonyl (C=O) groups excluding carboxylic acids is 3. The number of amides is 3. The largest absolute Gasteiger partial charge is 0.354 e. The molecule has 2 aromatic heterocycles. The molecule has 1 aliphatic heterocycles. The molecule has 0 spiro atoms. The molecule has 10 heteroatoms. The third-order valence-electron chi connectivity index (χ3n) is 5.34. The molecule has 0 atom stereocenters. The molecule has 2 N–H and O–H groups in total. The highest BCUT2D eigenvalue weighted by Crippen LogP contribution is 2.14. The number of aromatic nitrogens is 3. The van der Waals surface area contributed by atoms with Crippen molar-refractivity contribution in [3.8, 4) is 0 Å². The van der Waals surface area contributed by atoms with Crippen LogP contribution in [0.3, 0.4) is 0 Å². The van der Waals surface area contributed by atoms with Gasteiger partial charge in [0.2, 0.25) is 5.91 Å². The summed E-state index contributed by atoms with van der Waals surface area (Å²) in [6.07, 6.45) is 2.12. The van der Waals surface area contributed by atoms with E-state index in [-0.39, 0.29) is 35.9 Å². The van der Waals surface area contributed by atoms with Crippen LogP contribution in [0.1, 0.15) is 46.8 Å². The van der Waals surface area contributed by atoms with E-state index in [0.717, 1.165) is 5.56 Å². The van der Waals surface area contributed by atoms with E-state index in [0.29, 0.717) is 44.2 Å². The van der Waals surface area contributed by atoms with Crippen molar-refractivity contribution in [2.75, 3.05) is 37.6 Å². The van der Waals surface area contributed by atoms with Crippen LogP contribution in [-0.4, -0.2) is 76.2 Å². The first-order chi connectivity index (χ1) is 15.3.